The Kier molecular flexibility index (Phi) is 7.50. The van der Waals surface area contributed by atoms with E-state index in [-0.39, 0.29) is 0 Å². The van der Waals surface area contributed by atoms with Crippen LogP contribution in [0.15, 0.2) is 36.4 Å². The van der Waals surface area contributed by atoms with Gasteiger partial charge in [-0.2, -0.15) is 0 Å². The fourth-order valence-corrected chi connectivity index (χ4v) is 4.12. The number of rotatable bonds is 12. The molecule has 1 aromatic heterocycles. The summed E-state index contributed by atoms with van der Waals surface area (Å²) in [7, 11) is 0. The highest BCUT2D eigenvalue weighted by molar-refractivity contribution is 6.09. The molecule has 0 radical (unpaired) electrons. The fraction of sp³-hybridized carbons (Fsp3) is 0.480. The van der Waals surface area contributed by atoms with E-state index >= 15 is 0 Å². The quantitative estimate of drug-likeness (QED) is 0.261. The van der Waals surface area contributed by atoms with Crippen molar-refractivity contribution in [3.8, 4) is 0 Å². The van der Waals surface area contributed by atoms with Crippen LogP contribution in [0, 0.1) is 0 Å². The Labute approximate surface area is 163 Å². The number of nitrogens with one attached hydrogen (secondary N) is 1. The summed E-state index contributed by atoms with van der Waals surface area (Å²) in [6.07, 6.45) is 15.5. The summed E-state index contributed by atoms with van der Waals surface area (Å²) >= 11 is 0. The summed E-state index contributed by atoms with van der Waals surface area (Å²) in [4.78, 5) is 15.0. The number of unbranched alkanes of at least 4 members (excludes halogenated alkanes) is 9. The minimum Gasteiger partial charge on any atom is -0.354 e. The number of aryl methyl sites for hydroxylation is 1. The third-order valence-corrected chi connectivity index (χ3v) is 5.66. The van der Waals surface area contributed by atoms with E-state index in [1.165, 1.54) is 86.1 Å². The van der Waals surface area contributed by atoms with Gasteiger partial charge < -0.3 is 4.98 Å². The molecule has 0 atom stereocenters. The first-order valence-corrected chi connectivity index (χ1v) is 10.8. The van der Waals surface area contributed by atoms with Crippen molar-refractivity contribution in [2.45, 2.75) is 77.6 Å². The van der Waals surface area contributed by atoms with Gasteiger partial charge in [-0.1, -0.05) is 82.9 Å². The molecule has 0 fully saturated rings. The molecule has 0 saturated heterocycles. The number of para-hydroxylation sites is 1. The average Bonchev–Trinajstić information content (AvgIpc) is 3.08. The number of benzene rings is 2. The molecule has 2 nitrogen and oxygen atoms in total. The highest BCUT2D eigenvalue weighted by atomic mass is 16.1. The highest BCUT2D eigenvalue weighted by Crippen LogP contribution is 2.29. The number of hydrogen-bond acceptors (Lipinski definition) is 1. The maximum Gasteiger partial charge on any atom is 0.150 e. The molecule has 0 aliphatic carbocycles. The number of hydrogen-bond donors (Lipinski definition) is 1. The molecular weight excluding hydrogens is 330 g/mol. The van der Waals surface area contributed by atoms with Crippen molar-refractivity contribution >= 4 is 28.1 Å². The Bertz CT molecular complexity index is 861. The molecule has 0 unspecified atom stereocenters. The van der Waals surface area contributed by atoms with Gasteiger partial charge in [-0.15, -0.1) is 0 Å². The van der Waals surface area contributed by atoms with Gasteiger partial charge in [-0.05, 0) is 36.6 Å². The van der Waals surface area contributed by atoms with Crippen LogP contribution in [0.5, 0.6) is 0 Å². The zero-order valence-corrected chi connectivity index (χ0v) is 16.7. The van der Waals surface area contributed by atoms with Crippen molar-refractivity contribution < 1.29 is 4.79 Å². The first-order chi connectivity index (χ1) is 13.3. The van der Waals surface area contributed by atoms with Crippen LogP contribution in [0.4, 0.5) is 0 Å². The van der Waals surface area contributed by atoms with Gasteiger partial charge in [-0.25, -0.2) is 0 Å². The van der Waals surface area contributed by atoms with Gasteiger partial charge in [0.05, 0.1) is 0 Å². The predicted octanol–water partition coefficient (Wildman–Crippen LogP) is 7.60. The molecule has 144 valence electrons. The molecule has 0 spiro atoms. The van der Waals surface area contributed by atoms with Crippen molar-refractivity contribution in [3.63, 3.8) is 0 Å². The minimum absolute atomic E-state index is 0.786. The summed E-state index contributed by atoms with van der Waals surface area (Å²) in [5.41, 5.74) is 4.43. The Morgan fingerprint density at radius 2 is 1.48 bits per heavy atom. The molecule has 0 saturated carbocycles. The second-order valence-corrected chi connectivity index (χ2v) is 7.82. The van der Waals surface area contributed by atoms with E-state index in [2.05, 4.69) is 42.2 Å². The number of aromatic nitrogens is 1. The lowest BCUT2D eigenvalue weighted by Gasteiger charge is -2.06. The van der Waals surface area contributed by atoms with E-state index < -0.39 is 0 Å². The van der Waals surface area contributed by atoms with Crippen molar-refractivity contribution in [1.29, 1.82) is 0 Å². The number of H-pyrrole nitrogens is 1. The van der Waals surface area contributed by atoms with Gasteiger partial charge in [0, 0.05) is 27.4 Å². The molecule has 0 bridgehead atoms. The van der Waals surface area contributed by atoms with E-state index in [0.717, 1.165) is 23.8 Å². The molecule has 2 aromatic carbocycles. The summed E-state index contributed by atoms with van der Waals surface area (Å²) in [5.74, 6) is 0. The Morgan fingerprint density at radius 3 is 2.19 bits per heavy atom. The van der Waals surface area contributed by atoms with Gasteiger partial charge in [0.25, 0.3) is 0 Å². The molecular formula is C25H33NO. The maximum atomic E-state index is 11.4. The minimum atomic E-state index is 0.786. The lowest BCUT2D eigenvalue weighted by molar-refractivity contribution is 0.112. The van der Waals surface area contributed by atoms with Crippen LogP contribution in [-0.2, 0) is 6.42 Å². The van der Waals surface area contributed by atoms with E-state index in [0.29, 0.717) is 0 Å². The molecule has 0 amide bonds. The van der Waals surface area contributed by atoms with Gasteiger partial charge in [0.1, 0.15) is 6.29 Å². The molecule has 27 heavy (non-hydrogen) atoms. The molecule has 2 heteroatoms. The second-order valence-electron chi connectivity index (χ2n) is 7.82. The maximum absolute atomic E-state index is 11.4. The first kappa shape index (κ1) is 19.7. The zero-order valence-electron chi connectivity index (χ0n) is 16.7. The number of carbonyl (C=O) groups is 1. The lowest BCUT2D eigenvalue weighted by atomic mass is 9.99. The normalized spacial score (nSPS) is 11.4. The van der Waals surface area contributed by atoms with Crippen molar-refractivity contribution in [3.05, 3.63) is 47.5 Å². The Hall–Kier alpha value is -2.09. The molecule has 0 aliphatic heterocycles. The monoisotopic (exact) mass is 363 g/mol. The second kappa shape index (κ2) is 10.3. The van der Waals surface area contributed by atoms with Crippen LogP contribution in [0.3, 0.4) is 0 Å². The van der Waals surface area contributed by atoms with E-state index in [4.69, 9.17) is 0 Å². The summed E-state index contributed by atoms with van der Waals surface area (Å²) in [6.45, 7) is 2.27. The van der Waals surface area contributed by atoms with Crippen molar-refractivity contribution in [2.24, 2.45) is 0 Å². The number of fused-ring (bicyclic) bond motifs is 3. The lowest BCUT2D eigenvalue weighted by Crippen LogP contribution is -1.91. The van der Waals surface area contributed by atoms with Crippen molar-refractivity contribution in [1.82, 2.24) is 4.98 Å². The third-order valence-electron chi connectivity index (χ3n) is 5.66. The van der Waals surface area contributed by atoms with Crippen LogP contribution >= 0.6 is 0 Å². The smallest absolute Gasteiger partial charge is 0.150 e. The molecule has 1 heterocycles. The Balaban J connectivity index is 1.53. The van der Waals surface area contributed by atoms with Crippen LogP contribution in [-0.4, -0.2) is 11.3 Å². The van der Waals surface area contributed by atoms with Crippen LogP contribution in [0.25, 0.3) is 21.8 Å². The van der Waals surface area contributed by atoms with Crippen LogP contribution in [0.2, 0.25) is 0 Å². The van der Waals surface area contributed by atoms with Gasteiger partial charge >= 0.3 is 0 Å². The molecule has 3 aromatic rings. The van der Waals surface area contributed by atoms with Crippen LogP contribution < -0.4 is 0 Å². The van der Waals surface area contributed by atoms with Crippen LogP contribution in [0.1, 0.15) is 87.1 Å². The largest absolute Gasteiger partial charge is 0.354 e. The summed E-state index contributed by atoms with van der Waals surface area (Å²) in [5, 5.41) is 2.39. The van der Waals surface area contributed by atoms with E-state index in [1.807, 2.05) is 6.07 Å². The van der Waals surface area contributed by atoms with E-state index in [9.17, 15) is 4.79 Å². The zero-order chi connectivity index (χ0) is 18.9. The van der Waals surface area contributed by atoms with Crippen molar-refractivity contribution in [2.75, 3.05) is 0 Å². The molecule has 3 rings (SSSR count). The molecule has 1 N–H and O–H groups in total. The van der Waals surface area contributed by atoms with Gasteiger partial charge in [-0.3, -0.25) is 4.79 Å². The Morgan fingerprint density at radius 1 is 0.815 bits per heavy atom. The highest BCUT2D eigenvalue weighted by Gasteiger charge is 2.10. The SMILES string of the molecule is CCCCCCCCCCCCc1cc(C=O)cc2c1[nH]c1ccccc12. The standard InChI is InChI=1S/C25H33NO/c1-2-3-4-5-6-7-8-9-10-11-14-21-17-20(19-27)18-23-22-15-12-13-16-24(22)26-25(21)23/h12-13,15-19,26H,2-11,14H2,1H3. The predicted molar refractivity (Wildman–Crippen MR) is 117 cm³/mol. The van der Waals surface area contributed by atoms with E-state index in [1.54, 1.807) is 0 Å². The number of aromatic amines is 1. The first-order valence-electron chi connectivity index (χ1n) is 10.8. The van der Waals surface area contributed by atoms with Gasteiger partial charge in [0.2, 0.25) is 0 Å². The molecule has 0 aliphatic rings. The fourth-order valence-electron chi connectivity index (χ4n) is 4.12. The number of aldehydes is 1. The number of carbonyl (C=O) groups excluding carboxylic acids is 1. The average molecular weight is 364 g/mol. The van der Waals surface area contributed by atoms with Gasteiger partial charge in [0.15, 0.2) is 0 Å². The topological polar surface area (TPSA) is 32.9 Å². The summed E-state index contributed by atoms with van der Waals surface area (Å²) < 4.78 is 0. The third kappa shape index (κ3) is 5.22. The summed E-state index contributed by atoms with van der Waals surface area (Å²) in [6, 6.07) is 12.4.